The summed E-state index contributed by atoms with van der Waals surface area (Å²) in [4.78, 5) is 27.1. The van der Waals surface area contributed by atoms with Gasteiger partial charge in [0.15, 0.2) is 35.2 Å². The third kappa shape index (κ3) is 4.23. The predicted molar refractivity (Wildman–Crippen MR) is 123 cm³/mol. The number of nitrogen functional groups attached to an aromatic ring is 1. The minimum absolute atomic E-state index is 0.0667. The van der Waals surface area contributed by atoms with Crippen molar-refractivity contribution in [3.63, 3.8) is 0 Å². The molecule has 1 unspecified atom stereocenters. The normalized spacial score (nSPS) is 18.4. The van der Waals surface area contributed by atoms with Gasteiger partial charge in [-0.15, -0.1) is 5.10 Å². The molecule has 2 atom stereocenters. The Hall–Kier alpha value is -4.43. The van der Waals surface area contributed by atoms with Crippen molar-refractivity contribution in [2.45, 2.75) is 31.7 Å². The van der Waals surface area contributed by atoms with Crippen molar-refractivity contribution in [1.29, 1.82) is 0 Å². The fourth-order valence-corrected chi connectivity index (χ4v) is 3.89. The van der Waals surface area contributed by atoms with E-state index in [9.17, 15) is 19.1 Å². The highest BCUT2D eigenvalue weighted by atomic mass is 19.1. The first kappa shape index (κ1) is 23.3. The van der Waals surface area contributed by atoms with Crippen LogP contribution in [0, 0.1) is 5.82 Å². The molecule has 3 aromatic heterocycles. The molecule has 4 N–H and O–H groups in total. The number of nitrogens with one attached hydrogen (secondary N) is 1. The molecule has 0 saturated carbocycles. The zero-order chi connectivity index (χ0) is 25.6. The second-order valence-corrected chi connectivity index (χ2v) is 8.78. The number of morpholine rings is 1. The number of benzene rings is 1. The van der Waals surface area contributed by atoms with Gasteiger partial charge in [-0.05, 0) is 32.0 Å². The summed E-state index contributed by atoms with van der Waals surface area (Å²) in [7, 11) is 0. The molecular weight excluding hydrogens is 475 g/mol. The van der Waals surface area contributed by atoms with Gasteiger partial charge in [0.2, 0.25) is 0 Å². The number of carbonyl (C=O) groups excluding carboxylic acids is 2. The lowest BCUT2D eigenvalue weighted by Crippen LogP contribution is -2.61. The maximum Gasteiger partial charge on any atom is 0.260 e. The van der Waals surface area contributed by atoms with Gasteiger partial charge in [0, 0.05) is 11.8 Å². The average Bonchev–Trinajstić information content (AvgIpc) is 3.42. The van der Waals surface area contributed by atoms with Gasteiger partial charge < -0.3 is 25.4 Å². The monoisotopic (exact) mass is 496 g/mol. The highest BCUT2D eigenvalue weighted by Crippen LogP contribution is 2.30. The minimum atomic E-state index is -1.91. The summed E-state index contributed by atoms with van der Waals surface area (Å²) < 4.78 is 26.9. The first-order valence-electron chi connectivity index (χ1n) is 10.8. The number of rotatable bonds is 5. The molecule has 1 aliphatic heterocycles. The Balaban J connectivity index is 1.38. The van der Waals surface area contributed by atoms with Crippen LogP contribution in [0.4, 0.5) is 21.7 Å². The molecule has 1 saturated heterocycles. The Kier molecular flexibility index (Phi) is 5.61. The number of nitrogens with two attached hydrogens (primary N) is 1. The van der Waals surface area contributed by atoms with E-state index in [1.165, 1.54) is 29.2 Å². The number of amides is 2. The molecule has 36 heavy (non-hydrogen) atoms. The molecule has 2 amide bonds. The molecule has 1 fully saturated rings. The molecule has 0 bridgehead atoms. The van der Waals surface area contributed by atoms with Crippen LogP contribution in [0.1, 0.15) is 13.8 Å². The maximum atomic E-state index is 14.9. The molecule has 0 radical (unpaired) electrons. The molecule has 5 rings (SSSR count). The lowest BCUT2D eigenvalue weighted by atomic mass is 10.0. The van der Waals surface area contributed by atoms with Crippen LogP contribution in [-0.2, 0) is 14.3 Å². The topological polar surface area (TPSA) is 175 Å². The summed E-state index contributed by atoms with van der Waals surface area (Å²) in [6.45, 7) is 3.23. The number of aliphatic hydroxyl groups is 1. The molecule has 0 spiro atoms. The van der Waals surface area contributed by atoms with E-state index in [2.05, 4.69) is 25.8 Å². The number of nitrogens with zero attached hydrogens (tertiary/aromatic N) is 6. The number of aromatic nitrogens is 5. The zero-order valence-electron chi connectivity index (χ0n) is 19.1. The van der Waals surface area contributed by atoms with Gasteiger partial charge in [0.05, 0.1) is 41.8 Å². The van der Waals surface area contributed by atoms with Crippen LogP contribution in [0.5, 0.6) is 0 Å². The van der Waals surface area contributed by atoms with E-state index < -0.39 is 35.4 Å². The zero-order valence-corrected chi connectivity index (χ0v) is 19.1. The molecular formula is C22H21FN8O5. The summed E-state index contributed by atoms with van der Waals surface area (Å²) in [5, 5.41) is 29.0. The van der Waals surface area contributed by atoms with Crippen LogP contribution < -0.4 is 16.0 Å². The van der Waals surface area contributed by atoms with Crippen molar-refractivity contribution in [1.82, 2.24) is 25.1 Å². The molecule has 4 aromatic rings. The van der Waals surface area contributed by atoms with Crippen molar-refractivity contribution in [3.05, 3.63) is 48.7 Å². The van der Waals surface area contributed by atoms with E-state index in [1.807, 2.05) is 0 Å². The molecule has 14 heteroatoms. The second-order valence-electron chi connectivity index (χ2n) is 8.78. The van der Waals surface area contributed by atoms with Gasteiger partial charge in [-0.3, -0.25) is 14.5 Å². The minimum Gasteiger partial charge on any atom is -0.380 e. The number of aliphatic hydroxyl groups excluding tert-OH is 1. The summed E-state index contributed by atoms with van der Waals surface area (Å²) in [5.74, 6) is -2.60. The van der Waals surface area contributed by atoms with Crippen molar-refractivity contribution in [3.8, 4) is 5.69 Å². The summed E-state index contributed by atoms with van der Waals surface area (Å²) >= 11 is 0. The fraction of sp³-hybridized carbons (Fsp3) is 0.273. The van der Waals surface area contributed by atoms with E-state index in [-0.39, 0.29) is 23.9 Å². The van der Waals surface area contributed by atoms with Crippen LogP contribution in [0.25, 0.3) is 16.7 Å². The smallest absolute Gasteiger partial charge is 0.260 e. The van der Waals surface area contributed by atoms with Crippen LogP contribution in [0.3, 0.4) is 0 Å². The molecule has 186 valence electrons. The standard InChI is InChI=1S/C22H21FN8O5/c1-22(2)10-30(19-14(23)9-31(28-19)12-5-6-25-26-8-12)21(34)17(35-22)16(32)20(33)27-11-3-4-13-15(7-11)36-29-18(13)24/h3-9,16-17,32H,10H2,1-2H3,(H2,24,29)(H,27,33)/t16?,17-/m1/s1. The number of hydrogen-bond donors (Lipinski definition) is 3. The summed E-state index contributed by atoms with van der Waals surface area (Å²) in [6.07, 6.45) is 0.350. The first-order chi connectivity index (χ1) is 17.1. The lowest BCUT2D eigenvalue weighted by Gasteiger charge is -2.42. The number of halogens is 1. The lowest BCUT2D eigenvalue weighted by molar-refractivity contribution is -0.169. The van der Waals surface area contributed by atoms with E-state index in [1.54, 1.807) is 26.0 Å². The van der Waals surface area contributed by atoms with Gasteiger partial charge in [-0.25, -0.2) is 9.07 Å². The van der Waals surface area contributed by atoms with Crippen molar-refractivity contribution in [2.24, 2.45) is 0 Å². The van der Waals surface area contributed by atoms with Gasteiger partial charge in [0.1, 0.15) is 0 Å². The summed E-state index contributed by atoms with van der Waals surface area (Å²) in [5.41, 5.74) is 5.68. The van der Waals surface area contributed by atoms with Gasteiger partial charge in [-0.2, -0.15) is 10.2 Å². The van der Waals surface area contributed by atoms with E-state index in [0.29, 0.717) is 16.7 Å². The Morgan fingerprint density at radius 3 is 2.89 bits per heavy atom. The fourth-order valence-electron chi connectivity index (χ4n) is 3.89. The Morgan fingerprint density at radius 1 is 1.33 bits per heavy atom. The molecule has 1 aromatic carbocycles. The van der Waals surface area contributed by atoms with Crippen LogP contribution in [0.2, 0.25) is 0 Å². The largest absolute Gasteiger partial charge is 0.380 e. The Labute approximate surface area is 202 Å². The van der Waals surface area contributed by atoms with Crippen molar-refractivity contribution < 1.29 is 28.3 Å². The van der Waals surface area contributed by atoms with E-state index in [0.717, 1.165) is 11.1 Å². The van der Waals surface area contributed by atoms with Crippen molar-refractivity contribution in [2.75, 3.05) is 22.5 Å². The van der Waals surface area contributed by atoms with E-state index >= 15 is 0 Å². The van der Waals surface area contributed by atoms with Gasteiger partial charge in [-0.1, -0.05) is 5.16 Å². The second kappa shape index (κ2) is 8.66. The highest BCUT2D eigenvalue weighted by molar-refractivity contribution is 6.04. The third-order valence-electron chi connectivity index (χ3n) is 5.56. The molecule has 13 nitrogen and oxygen atoms in total. The third-order valence-corrected chi connectivity index (χ3v) is 5.56. The number of carbonyl (C=O) groups is 2. The Bertz CT molecular complexity index is 1450. The van der Waals surface area contributed by atoms with Crippen molar-refractivity contribution >= 4 is 40.1 Å². The molecule has 1 aliphatic rings. The number of ether oxygens (including phenoxy) is 1. The Morgan fingerprint density at radius 2 is 2.14 bits per heavy atom. The molecule has 4 heterocycles. The maximum absolute atomic E-state index is 14.9. The van der Waals surface area contributed by atoms with Crippen LogP contribution in [0.15, 0.2) is 47.4 Å². The quantitative estimate of drug-likeness (QED) is 0.362. The average molecular weight is 496 g/mol. The SMILES string of the molecule is CC1(C)CN(c2nn(-c3ccnnc3)cc2F)C(=O)[C@@H](C(O)C(=O)Nc2ccc3c(N)noc3c2)O1. The summed E-state index contributed by atoms with van der Waals surface area (Å²) in [6, 6.07) is 6.17. The molecule has 0 aliphatic carbocycles. The number of anilines is 3. The number of hydrogen-bond acceptors (Lipinski definition) is 10. The van der Waals surface area contributed by atoms with Crippen LogP contribution >= 0.6 is 0 Å². The van der Waals surface area contributed by atoms with Gasteiger partial charge >= 0.3 is 0 Å². The van der Waals surface area contributed by atoms with E-state index in [4.69, 9.17) is 15.0 Å². The first-order valence-corrected chi connectivity index (χ1v) is 10.8. The van der Waals surface area contributed by atoms with Gasteiger partial charge in [0.25, 0.3) is 11.8 Å². The highest BCUT2D eigenvalue weighted by Gasteiger charge is 2.47. The van der Waals surface area contributed by atoms with Crippen LogP contribution in [-0.4, -0.2) is 66.4 Å². The number of fused-ring (bicyclic) bond motifs is 1. The predicted octanol–water partition coefficient (Wildman–Crippen LogP) is 1.03.